The van der Waals surface area contributed by atoms with E-state index in [0.29, 0.717) is 12.6 Å². The van der Waals surface area contributed by atoms with Gasteiger partial charge in [-0.3, -0.25) is 0 Å². The van der Waals surface area contributed by atoms with E-state index < -0.39 is 8.56 Å². The SMILES string of the molecule is CCO[Si](C)(CCC(C)NCCN)OCC. The highest BCUT2D eigenvalue weighted by molar-refractivity contribution is 6.66. The summed E-state index contributed by atoms with van der Waals surface area (Å²) < 4.78 is 11.6. The minimum atomic E-state index is -1.92. The van der Waals surface area contributed by atoms with Crippen LogP contribution in [0, 0.1) is 0 Å². The van der Waals surface area contributed by atoms with Crippen LogP contribution in [0.5, 0.6) is 0 Å². The predicted molar refractivity (Wildman–Crippen MR) is 70.8 cm³/mol. The lowest BCUT2D eigenvalue weighted by molar-refractivity contribution is 0.187. The van der Waals surface area contributed by atoms with Crippen molar-refractivity contribution in [3.63, 3.8) is 0 Å². The summed E-state index contributed by atoms with van der Waals surface area (Å²) in [6.45, 7) is 11.4. The molecule has 1 atom stereocenters. The highest BCUT2D eigenvalue weighted by Crippen LogP contribution is 2.17. The van der Waals surface area contributed by atoms with Crippen LogP contribution in [-0.4, -0.2) is 40.9 Å². The molecule has 0 aromatic carbocycles. The van der Waals surface area contributed by atoms with Gasteiger partial charge in [0.15, 0.2) is 0 Å². The largest absolute Gasteiger partial charge is 0.395 e. The molecule has 0 aliphatic heterocycles. The minimum Gasteiger partial charge on any atom is -0.395 e. The third kappa shape index (κ3) is 7.35. The second-order valence-electron chi connectivity index (χ2n) is 4.18. The van der Waals surface area contributed by atoms with Crippen LogP contribution in [0.2, 0.25) is 12.6 Å². The molecule has 3 N–H and O–H groups in total. The van der Waals surface area contributed by atoms with Crippen molar-refractivity contribution < 1.29 is 8.85 Å². The summed E-state index contributed by atoms with van der Waals surface area (Å²) >= 11 is 0. The van der Waals surface area contributed by atoms with Gasteiger partial charge >= 0.3 is 8.56 Å². The smallest absolute Gasteiger partial charge is 0.334 e. The number of nitrogens with one attached hydrogen (secondary N) is 1. The maximum atomic E-state index is 5.79. The van der Waals surface area contributed by atoms with Crippen molar-refractivity contribution in [3.05, 3.63) is 0 Å². The van der Waals surface area contributed by atoms with E-state index in [-0.39, 0.29) is 0 Å². The molecule has 4 nitrogen and oxygen atoms in total. The fourth-order valence-electron chi connectivity index (χ4n) is 1.71. The number of nitrogens with two attached hydrogens (primary N) is 1. The summed E-state index contributed by atoms with van der Waals surface area (Å²) in [6, 6.07) is 1.52. The molecule has 0 radical (unpaired) electrons. The molecule has 0 aromatic heterocycles. The quantitative estimate of drug-likeness (QED) is 0.575. The molecule has 0 spiro atoms. The minimum absolute atomic E-state index is 0.483. The van der Waals surface area contributed by atoms with Gasteiger partial charge in [-0.2, -0.15) is 0 Å². The Kier molecular flexibility index (Phi) is 9.16. The summed E-state index contributed by atoms with van der Waals surface area (Å²) in [5.74, 6) is 0. The normalized spacial score (nSPS) is 14.1. The van der Waals surface area contributed by atoms with Crippen LogP contribution in [0.25, 0.3) is 0 Å². The van der Waals surface area contributed by atoms with Crippen molar-refractivity contribution in [1.82, 2.24) is 5.32 Å². The summed E-state index contributed by atoms with van der Waals surface area (Å²) in [6.07, 6.45) is 1.09. The molecular weight excluding hydrogens is 220 g/mol. The summed E-state index contributed by atoms with van der Waals surface area (Å²) in [4.78, 5) is 0. The Morgan fingerprint density at radius 1 is 1.25 bits per heavy atom. The first kappa shape index (κ1) is 16.1. The van der Waals surface area contributed by atoms with Gasteiger partial charge in [-0.25, -0.2) is 0 Å². The monoisotopic (exact) mass is 248 g/mol. The fraction of sp³-hybridized carbons (Fsp3) is 1.00. The molecule has 0 amide bonds. The van der Waals surface area contributed by atoms with E-state index in [1.807, 2.05) is 13.8 Å². The van der Waals surface area contributed by atoms with Crippen LogP contribution < -0.4 is 11.1 Å². The maximum Gasteiger partial charge on any atom is 0.334 e. The molecule has 98 valence electrons. The third-order valence-electron chi connectivity index (χ3n) is 2.57. The number of hydrogen-bond donors (Lipinski definition) is 2. The van der Waals surface area contributed by atoms with E-state index in [1.165, 1.54) is 0 Å². The lowest BCUT2D eigenvalue weighted by Crippen LogP contribution is -2.41. The Bertz CT molecular complexity index is 164. The van der Waals surface area contributed by atoms with Gasteiger partial charge in [0.05, 0.1) is 0 Å². The summed E-state index contributed by atoms with van der Waals surface area (Å²) in [7, 11) is -1.92. The maximum absolute atomic E-state index is 5.79. The Morgan fingerprint density at radius 2 is 1.81 bits per heavy atom. The van der Waals surface area contributed by atoms with Gasteiger partial charge in [0.1, 0.15) is 0 Å². The Balaban J connectivity index is 3.90. The highest BCUT2D eigenvalue weighted by Gasteiger charge is 2.30. The lowest BCUT2D eigenvalue weighted by Gasteiger charge is -2.27. The van der Waals surface area contributed by atoms with Crippen LogP contribution in [0.1, 0.15) is 27.2 Å². The van der Waals surface area contributed by atoms with E-state index in [9.17, 15) is 0 Å². The molecule has 0 rings (SSSR count). The van der Waals surface area contributed by atoms with Gasteiger partial charge in [0.2, 0.25) is 0 Å². The van der Waals surface area contributed by atoms with Crippen LogP contribution in [0.4, 0.5) is 0 Å². The van der Waals surface area contributed by atoms with Gasteiger partial charge in [-0.1, -0.05) is 0 Å². The van der Waals surface area contributed by atoms with E-state index in [1.54, 1.807) is 0 Å². The lowest BCUT2D eigenvalue weighted by atomic mass is 10.2. The van der Waals surface area contributed by atoms with E-state index in [0.717, 1.165) is 32.2 Å². The molecule has 0 aliphatic rings. The van der Waals surface area contributed by atoms with Crippen molar-refractivity contribution >= 4 is 8.56 Å². The standard InChI is InChI=1S/C11H28N2O2Si/c1-5-14-16(4,15-6-2)10-7-11(3)13-9-8-12/h11,13H,5-10,12H2,1-4H3. The zero-order valence-corrected chi connectivity index (χ0v) is 12.2. The predicted octanol–water partition coefficient (Wildman–Crippen LogP) is 1.46. The molecule has 0 heterocycles. The second kappa shape index (κ2) is 9.12. The van der Waals surface area contributed by atoms with Gasteiger partial charge < -0.3 is 19.9 Å². The molecule has 1 unspecified atom stereocenters. The molecule has 0 aromatic rings. The molecule has 5 heteroatoms. The van der Waals surface area contributed by atoms with Crippen LogP contribution >= 0.6 is 0 Å². The Labute approximate surface area is 101 Å². The van der Waals surface area contributed by atoms with Crippen molar-refractivity contribution in [2.45, 2.75) is 45.8 Å². The molecule has 0 bridgehead atoms. The van der Waals surface area contributed by atoms with Gasteiger partial charge in [0.25, 0.3) is 0 Å². The van der Waals surface area contributed by atoms with Gasteiger partial charge in [-0.15, -0.1) is 0 Å². The van der Waals surface area contributed by atoms with Crippen LogP contribution in [-0.2, 0) is 8.85 Å². The fourth-order valence-corrected chi connectivity index (χ4v) is 4.26. The van der Waals surface area contributed by atoms with E-state index >= 15 is 0 Å². The number of hydrogen-bond acceptors (Lipinski definition) is 4. The summed E-state index contributed by atoms with van der Waals surface area (Å²) in [5, 5.41) is 3.38. The molecule has 0 aliphatic carbocycles. The van der Waals surface area contributed by atoms with Crippen LogP contribution in [0.3, 0.4) is 0 Å². The van der Waals surface area contributed by atoms with Gasteiger partial charge in [0, 0.05) is 32.3 Å². The van der Waals surface area contributed by atoms with Crippen LogP contribution in [0.15, 0.2) is 0 Å². The third-order valence-corrected chi connectivity index (χ3v) is 5.56. The zero-order valence-electron chi connectivity index (χ0n) is 11.2. The Hall–Kier alpha value is 0.0569. The van der Waals surface area contributed by atoms with E-state index in [4.69, 9.17) is 14.6 Å². The van der Waals surface area contributed by atoms with Crippen molar-refractivity contribution in [1.29, 1.82) is 0 Å². The molecule has 0 saturated heterocycles. The van der Waals surface area contributed by atoms with Crippen molar-refractivity contribution in [3.8, 4) is 0 Å². The van der Waals surface area contributed by atoms with Crippen molar-refractivity contribution in [2.75, 3.05) is 26.3 Å². The molecule has 16 heavy (non-hydrogen) atoms. The first-order valence-electron chi connectivity index (χ1n) is 6.29. The van der Waals surface area contributed by atoms with E-state index in [2.05, 4.69) is 18.8 Å². The first-order valence-corrected chi connectivity index (χ1v) is 8.81. The number of rotatable bonds is 10. The molecule has 0 saturated carbocycles. The summed E-state index contributed by atoms with van der Waals surface area (Å²) in [5.41, 5.74) is 5.45. The van der Waals surface area contributed by atoms with Gasteiger partial charge in [-0.05, 0) is 39.8 Å². The zero-order chi connectivity index (χ0) is 12.4. The molecule has 0 fully saturated rings. The topological polar surface area (TPSA) is 56.5 Å². The van der Waals surface area contributed by atoms with Crippen molar-refractivity contribution in [2.24, 2.45) is 5.73 Å². The average Bonchev–Trinajstić information content (AvgIpc) is 2.24. The second-order valence-corrected chi connectivity index (χ2v) is 7.53. The average molecular weight is 248 g/mol. The Morgan fingerprint density at radius 3 is 2.25 bits per heavy atom. The molecular formula is C11H28N2O2Si. The first-order chi connectivity index (χ1) is 7.58. The highest BCUT2D eigenvalue weighted by atomic mass is 28.4.